The Kier molecular flexibility index (Phi) is 3.88. The number of thiazole rings is 1. The summed E-state index contributed by atoms with van der Waals surface area (Å²) in [6.07, 6.45) is 5.91. The van der Waals surface area contributed by atoms with E-state index in [2.05, 4.69) is 10.3 Å². The van der Waals surface area contributed by atoms with Crippen molar-refractivity contribution in [2.45, 2.75) is 56.9 Å². The number of carbonyl (C=O) groups is 2. The minimum atomic E-state index is -0.387. The number of halogens is 1. The van der Waals surface area contributed by atoms with Crippen molar-refractivity contribution in [2.75, 3.05) is 5.32 Å². The van der Waals surface area contributed by atoms with Gasteiger partial charge in [0, 0.05) is 17.2 Å². The molecule has 5 nitrogen and oxygen atoms in total. The fourth-order valence-corrected chi connectivity index (χ4v) is 6.70. The van der Waals surface area contributed by atoms with Gasteiger partial charge >= 0.3 is 5.97 Å². The second-order valence-electron chi connectivity index (χ2n) is 7.79. The molecular formula is C17H21ClN2O3S. The number of anilines is 1. The zero-order valence-electron chi connectivity index (χ0n) is 13.6. The Bertz CT molecular complexity index is 675. The molecule has 1 aromatic heterocycles. The summed E-state index contributed by atoms with van der Waals surface area (Å²) in [4.78, 5) is 27.9. The van der Waals surface area contributed by atoms with E-state index in [4.69, 9.17) is 16.3 Å². The van der Waals surface area contributed by atoms with Gasteiger partial charge in [-0.15, -0.1) is 22.9 Å². The number of amides is 1. The van der Waals surface area contributed by atoms with Gasteiger partial charge in [-0.05, 0) is 50.4 Å². The van der Waals surface area contributed by atoms with Crippen molar-refractivity contribution in [1.82, 2.24) is 4.98 Å². The van der Waals surface area contributed by atoms with Crippen LogP contribution in [0.2, 0.25) is 0 Å². The molecule has 5 rings (SSSR count). The first-order valence-corrected chi connectivity index (χ1v) is 9.70. The van der Waals surface area contributed by atoms with E-state index in [1.54, 1.807) is 5.38 Å². The lowest BCUT2D eigenvalue weighted by Gasteiger charge is -2.58. The second-order valence-corrected chi connectivity index (χ2v) is 9.45. The lowest BCUT2D eigenvalue weighted by Crippen LogP contribution is -2.56. The first-order valence-electron chi connectivity index (χ1n) is 8.44. The molecule has 2 unspecified atom stereocenters. The molecule has 0 radical (unpaired) electrons. The third-order valence-corrected chi connectivity index (χ3v) is 6.86. The number of alkyl halides is 1. The highest BCUT2D eigenvalue weighted by molar-refractivity contribution is 7.13. The summed E-state index contributed by atoms with van der Waals surface area (Å²) in [5, 5.41) is 4.97. The first kappa shape index (κ1) is 16.3. The third kappa shape index (κ3) is 2.94. The Morgan fingerprint density at radius 2 is 2.08 bits per heavy atom. The quantitative estimate of drug-likeness (QED) is 0.649. The number of aromatic nitrogens is 1. The van der Waals surface area contributed by atoms with Crippen LogP contribution in [0.1, 0.15) is 51.1 Å². The van der Waals surface area contributed by atoms with Gasteiger partial charge in [-0.25, -0.2) is 4.98 Å². The molecule has 1 amide bonds. The largest absolute Gasteiger partial charge is 0.459 e. The molecule has 4 aliphatic rings. The minimum Gasteiger partial charge on any atom is -0.459 e. The van der Waals surface area contributed by atoms with Gasteiger partial charge in [-0.1, -0.05) is 0 Å². The molecular weight excluding hydrogens is 348 g/mol. The van der Waals surface area contributed by atoms with Crippen molar-refractivity contribution >= 4 is 39.9 Å². The zero-order valence-corrected chi connectivity index (χ0v) is 15.2. The molecule has 24 heavy (non-hydrogen) atoms. The van der Waals surface area contributed by atoms with Crippen LogP contribution in [0.3, 0.4) is 0 Å². The van der Waals surface area contributed by atoms with E-state index in [1.807, 2.05) is 0 Å². The summed E-state index contributed by atoms with van der Waals surface area (Å²) < 4.78 is 5.61. The van der Waals surface area contributed by atoms with E-state index in [9.17, 15) is 9.59 Å². The molecule has 4 bridgehead atoms. The van der Waals surface area contributed by atoms with Crippen LogP contribution in [-0.2, 0) is 20.9 Å². The van der Waals surface area contributed by atoms with E-state index in [-0.39, 0.29) is 28.8 Å². The summed E-state index contributed by atoms with van der Waals surface area (Å²) in [7, 11) is 0. The minimum absolute atomic E-state index is 0.115. The van der Waals surface area contributed by atoms with Crippen molar-refractivity contribution in [1.29, 1.82) is 0 Å². The van der Waals surface area contributed by atoms with Crippen molar-refractivity contribution in [3.05, 3.63) is 11.1 Å². The molecule has 0 aromatic carbocycles. The number of nitrogens with one attached hydrogen (secondary N) is 1. The summed E-state index contributed by atoms with van der Waals surface area (Å²) in [5.41, 5.74) is 0.282. The van der Waals surface area contributed by atoms with Crippen LogP contribution < -0.4 is 5.32 Å². The van der Waals surface area contributed by atoms with Gasteiger partial charge in [0.15, 0.2) is 5.13 Å². The predicted molar refractivity (Wildman–Crippen MR) is 91.9 cm³/mol. The first-order chi connectivity index (χ1) is 11.4. The van der Waals surface area contributed by atoms with Crippen LogP contribution in [0.4, 0.5) is 5.13 Å². The lowest BCUT2D eigenvalue weighted by molar-refractivity contribution is -0.171. The summed E-state index contributed by atoms with van der Waals surface area (Å²) in [6.45, 7) is 1.59. The summed E-state index contributed by atoms with van der Waals surface area (Å²) in [6, 6.07) is 0. The summed E-state index contributed by atoms with van der Waals surface area (Å²) >= 11 is 8.11. The standard InChI is InChI=1S/C17H21ClN2O3S/c1-10(21)19-15-20-13(8-24-15)7-23-14(22)16-3-11-2-12(4-16)6-17(18,5-11)9-16/h8,11-12H,2-7,9H2,1H3,(H,19,20,21). The summed E-state index contributed by atoms with van der Waals surface area (Å²) in [5.74, 6) is 0.869. The highest BCUT2D eigenvalue weighted by Crippen LogP contribution is 2.64. The van der Waals surface area contributed by atoms with Gasteiger partial charge in [-0.2, -0.15) is 0 Å². The van der Waals surface area contributed by atoms with Crippen LogP contribution >= 0.6 is 22.9 Å². The number of hydrogen-bond acceptors (Lipinski definition) is 5. The van der Waals surface area contributed by atoms with Gasteiger partial charge in [0.1, 0.15) is 6.61 Å². The van der Waals surface area contributed by atoms with Gasteiger partial charge in [0.25, 0.3) is 0 Å². The number of rotatable bonds is 4. The van der Waals surface area contributed by atoms with E-state index < -0.39 is 0 Å². The molecule has 1 heterocycles. The zero-order chi connectivity index (χ0) is 16.9. The lowest BCUT2D eigenvalue weighted by atomic mass is 9.49. The Labute approximate surface area is 150 Å². The molecule has 1 aromatic rings. The highest BCUT2D eigenvalue weighted by atomic mass is 35.5. The third-order valence-electron chi connectivity index (χ3n) is 5.61. The van der Waals surface area contributed by atoms with E-state index in [0.29, 0.717) is 22.7 Å². The average Bonchev–Trinajstić information content (AvgIpc) is 2.88. The van der Waals surface area contributed by atoms with Crippen LogP contribution in [0, 0.1) is 17.3 Å². The van der Waals surface area contributed by atoms with Gasteiger partial charge in [0.2, 0.25) is 5.91 Å². The molecule has 4 aliphatic carbocycles. The Hall–Kier alpha value is -1.14. The SMILES string of the molecule is CC(=O)Nc1nc(COC(=O)C23CC4CC(CC(Cl)(C4)C2)C3)cs1. The Balaban J connectivity index is 1.41. The molecule has 0 saturated heterocycles. The topological polar surface area (TPSA) is 68.3 Å². The molecule has 7 heteroatoms. The molecule has 0 aliphatic heterocycles. The molecule has 0 spiro atoms. The van der Waals surface area contributed by atoms with Crippen molar-refractivity contribution in [2.24, 2.45) is 17.3 Å². The van der Waals surface area contributed by atoms with E-state index in [1.165, 1.54) is 24.7 Å². The van der Waals surface area contributed by atoms with Crippen LogP contribution in [0.5, 0.6) is 0 Å². The van der Waals surface area contributed by atoms with Crippen LogP contribution in [-0.4, -0.2) is 21.7 Å². The normalized spacial score (nSPS) is 36.6. The Morgan fingerprint density at radius 3 is 2.71 bits per heavy atom. The fraction of sp³-hybridized carbons (Fsp3) is 0.706. The molecule has 1 N–H and O–H groups in total. The molecule has 4 fully saturated rings. The fourth-order valence-electron chi connectivity index (χ4n) is 5.26. The maximum Gasteiger partial charge on any atom is 0.312 e. The van der Waals surface area contributed by atoms with Crippen molar-refractivity contribution in [3.8, 4) is 0 Å². The number of esters is 1. The maximum absolute atomic E-state index is 12.8. The van der Waals surface area contributed by atoms with Crippen LogP contribution in [0.15, 0.2) is 5.38 Å². The van der Waals surface area contributed by atoms with Gasteiger partial charge in [-0.3, -0.25) is 9.59 Å². The van der Waals surface area contributed by atoms with E-state index >= 15 is 0 Å². The number of ether oxygens (including phenoxy) is 1. The maximum atomic E-state index is 12.8. The van der Waals surface area contributed by atoms with E-state index in [0.717, 1.165) is 32.1 Å². The smallest absolute Gasteiger partial charge is 0.312 e. The van der Waals surface area contributed by atoms with Crippen molar-refractivity contribution < 1.29 is 14.3 Å². The van der Waals surface area contributed by atoms with Crippen molar-refractivity contribution in [3.63, 3.8) is 0 Å². The highest BCUT2D eigenvalue weighted by Gasteiger charge is 2.60. The monoisotopic (exact) mass is 368 g/mol. The predicted octanol–water partition coefficient (Wildman–Crippen LogP) is 3.72. The second kappa shape index (κ2) is 5.70. The molecule has 130 valence electrons. The molecule has 4 saturated carbocycles. The number of nitrogens with zero attached hydrogens (tertiary/aromatic N) is 1. The number of carbonyl (C=O) groups excluding carboxylic acids is 2. The average molecular weight is 369 g/mol. The van der Waals surface area contributed by atoms with Gasteiger partial charge in [0.05, 0.1) is 11.1 Å². The van der Waals surface area contributed by atoms with Crippen LogP contribution in [0.25, 0.3) is 0 Å². The molecule has 2 atom stereocenters. The number of hydrogen-bond donors (Lipinski definition) is 1. The van der Waals surface area contributed by atoms with Gasteiger partial charge < -0.3 is 10.1 Å². The Morgan fingerprint density at radius 1 is 1.38 bits per heavy atom.